The van der Waals surface area contributed by atoms with Crippen molar-refractivity contribution in [2.24, 2.45) is 0 Å². The number of aryl methyl sites for hydroxylation is 1. The summed E-state index contributed by atoms with van der Waals surface area (Å²) in [7, 11) is 0. The van der Waals surface area contributed by atoms with E-state index < -0.39 is 5.82 Å². The summed E-state index contributed by atoms with van der Waals surface area (Å²) in [5.41, 5.74) is 3.20. The maximum absolute atomic E-state index is 14.0. The first kappa shape index (κ1) is 18.3. The molecular weight excluding hydrogens is 353 g/mol. The van der Waals surface area contributed by atoms with Crippen LogP contribution in [0, 0.1) is 12.7 Å². The van der Waals surface area contributed by atoms with E-state index in [1.165, 1.54) is 6.07 Å². The lowest BCUT2D eigenvalue weighted by molar-refractivity contribution is 0.0701. The van der Waals surface area contributed by atoms with Gasteiger partial charge in [-0.2, -0.15) is 0 Å². The lowest BCUT2D eigenvalue weighted by atomic mass is 9.94. The van der Waals surface area contributed by atoms with Gasteiger partial charge in [-0.15, -0.1) is 0 Å². The van der Waals surface area contributed by atoms with Gasteiger partial charge in [0.15, 0.2) is 5.82 Å². The van der Waals surface area contributed by atoms with Crippen molar-refractivity contribution in [1.29, 1.82) is 0 Å². The Morgan fingerprint density at radius 2 is 2.00 bits per heavy atom. The van der Waals surface area contributed by atoms with Crippen molar-refractivity contribution in [2.45, 2.75) is 25.7 Å². The van der Waals surface area contributed by atoms with Gasteiger partial charge < -0.3 is 4.90 Å². The number of piperidine rings is 1. The average Bonchev–Trinajstić information content (AvgIpc) is 2.74. The molecule has 0 aliphatic carbocycles. The van der Waals surface area contributed by atoms with Crippen LogP contribution < -0.4 is 0 Å². The number of hydrogen-bond acceptors (Lipinski definition) is 3. The first-order chi connectivity index (χ1) is 13.6. The van der Waals surface area contributed by atoms with Crippen LogP contribution in [0.4, 0.5) is 4.39 Å². The Morgan fingerprint density at radius 3 is 2.82 bits per heavy atom. The largest absolute Gasteiger partial charge is 0.338 e. The summed E-state index contributed by atoms with van der Waals surface area (Å²) in [4.78, 5) is 23.7. The summed E-state index contributed by atoms with van der Waals surface area (Å²) < 4.78 is 14.0. The summed E-state index contributed by atoms with van der Waals surface area (Å²) in [5, 5.41) is 0. The lowest BCUT2D eigenvalue weighted by Crippen LogP contribution is -2.39. The van der Waals surface area contributed by atoms with E-state index >= 15 is 0 Å². The first-order valence-corrected chi connectivity index (χ1v) is 9.55. The summed E-state index contributed by atoms with van der Waals surface area (Å²) in [6.07, 6.45) is 3.59. The summed E-state index contributed by atoms with van der Waals surface area (Å²) in [6, 6.07) is 16.2. The van der Waals surface area contributed by atoms with E-state index in [1.807, 2.05) is 31.2 Å². The second-order valence-corrected chi connectivity index (χ2v) is 7.24. The van der Waals surface area contributed by atoms with Gasteiger partial charge in [-0.1, -0.05) is 35.9 Å². The van der Waals surface area contributed by atoms with Gasteiger partial charge in [-0.3, -0.25) is 4.79 Å². The predicted molar refractivity (Wildman–Crippen MR) is 106 cm³/mol. The highest BCUT2D eigenvalue weighted by Crippen LogP contribution is 2.28. The number of aromatic nitrogens is 2. The van der Waals surface area contributed by atoms with E-state index in [0.717, 1.165) is 29.7 Å². The van der Waals surface area contributed by atoms with Crippen LogP contribution in [0.25, 0.3) is 11.4 Å². The van der Waals surface area contributed by atoms with Gasteiger partial charge in [0.25, 0.3) is 5.91 Å². The zero-order valence-corrected chi connectivity index (χ0v) is 15.8. The summed E-state index contributed by atoms with van der Waals surface area (Å²) in [5.74, 6) is 0.0870. The third kappa shape index (κ3) is 3.79. The van der Waals surface area contributed by atoms with Crippen molar-refractivity contribution in [1.82, 2.24) is 14.9 Å². The van der Waals surface area contributed by atoms with Crippen LogP contribution in [0.1, 0.15) is 40.4 Å². The van der Waals surface area contributed by atoms with Crippen LogP contribution in [-0.2, 0) is 0 Å². The SMILES string of the molecule is Cc1cccc(-c2nccc([C@H]3CCCN(C(=O)c4ccccc4F)C3)n2)c1. The van der Waals surface area contributed by atoms with Crippen molar-refractivity contribution in [3.63, 3.8) is 0 Å². The van der Waals surface area contributed by atoms with E-state index in [4.69, 9.17) is 4.98 Å². The van der Waals surface area contributed by atoms with Crippen molar-refractivity contribution in [2.75, 3.05) is 13.1 Å². The van der Waals surface area contributed by atoms with E-state index in [1.54, 1.807) is 29.3 Å². The minimum absolute atomic E-state index is 0.121. The molecular formula is C23H22FN3O. The number of nitrogens with zero attached hydrogens (tertiary/aromatic N) is 3. The van der Waals surface area contributed by atoms with Gasteiger partial charge in [0.1, 0.15) is 5.82 Å². The number of carbonyl (C=O) groups is 1. The molecule has 1 amide bonds. The molecule has 2 aromatic carbocycles. The second-order valence-electron chi connectivity index (χ2n) is 7.24. The number of carbonyl (C=O) groups excluding carboxylic acids is 1. The van der Waals surface area contributed by atoms with Gasteiger partial charge in [-0.25, -0.2) is 14.4 Å². The third-order valence-corrected chi connectivity index (χ3v) is 5.18. The van der Waals surface area contributed by atoms with Gasteiger partial charge in [0.2, 0.25) is 0 Å². The fourth-order valence-electron chi connectivity index (χ4n) is 3.73. The lowest BCUT2D eigenvalue weighted by Gasteiger charge is -2.32. The molecule has 5 heteroatoms. The maximum Gasteiger partial charge on any atom is 0.256 e. The van der Waals surface area contributed by atoms with Gasteiger partial charge in [0.05, 0.1) is 5.56 Å². The van der Waals surface area contributed by atoms with E-state index in [9.17, 15) is 9.18 Å². The Kier molecular flexibility index (Phi) is 5.15. The van der Waals surface area contributed by atoms with Crippen molar-refractivity contribution < 1.29 is 9.18 Å². The molecule has 0 spiro atoms. The highest BCUT2D eigenvalue weighted by molar-refractivity contribution is 5.94. The molecule has 28 heavy (non-hydrogen) atoms. The van der Waals surface area contributed by atoms with E-state index in [2.05, 4.69) is 11.1 Å². The number of likely N-dealkylation sites (tertiary alicyclic amines) is 1. The number of halogens is 1. The third-order valence-electron chi connectivity index (χ3n) is 5.18. The standard InChI is InChI=1S/C23H22FN3O/c1-16-6-4-7-17(14-16)22-25-12-11-21(26-22)18-8-5-13-27(15-18)23(28)19-9-2-3-10-20(19)24/h2-4,6-7,9-12,14,18H,5,8,13,15H2,1H3/t18-/m0/s1. The Morgan fingerprint density at radius 1 is 1.14 bits per heavy atom. The molecule has 0 radical (unpaired) electrons. The molecule has 1 aromatic heterocycles. The quantitative estimate of drug-likeness (QED) is 0.671. The van der Waals surface area contributed by atoms with Gasteiger partial charge in [-0.05, 0) is 44.0 Å². The summed E-state index contributed by atoms with van der Waals surface area (Å²) in [6.45, 7) is 3.22. The molecule has 0 saturated carbocycles. The van der Waals surface area contributed by atoms with Crippen LogP contribution in [-0.4, -0.2) is 33.9 Å². The molecule has 142 valence electrons. The molecule has 3 aromatic rings. The Bertz CT molecular complexity index is 1000. The molecule has 1 aliphatic heterocycles. The Labute approximate surface area is 164 Å². The molecule has 1 atom stereocenters. The highest BCUT2D eigenvalue weighted by atomic mass is 19.1. The van der Waals surface area contributed by atoms with Crippen molar-refractivity contribution in [3.05, 3.63) is 83.4 Å². The van der Waals surface area contributed by atoms with Gasteiger partial charge >= 0.3 is 0 Å². The normalized spacial score (nSPS) is 16.8. The fourth-order valence-corrected chi connectivity index (χ4v) is 3.73. The molecule has 0 unspecified atom stereocenters. The molecule has 1 fully saturated rings. The molecule has 2 heterocycles. The van der Waals surface area contributed by atoms with Gasteiger partial charge in [0, 0.05) is 36.5 Å². The topological polar surface area (TPSA) is 46.1 Å². The summed E-state index contributed by atoms with van der Waals surface area (Å²) >= 11 is 0. The Hall–Kier alpha value is -3.08. The molecule has 1 saturated heterocycles. The average molecular weight is 375 g/mol. The maximum atomic E-state index is 14.0. The highest BCUT2D eigenvalue weighted by Gasteiger charge is 2.27. The number of amides is 1. The van der Waals surface area contributed by atoms with Crippen LogP contribution >= 0.6 is 0 Å². The first-order valence-electron chi connectivity index (χ1n) is 9.55. The molecule has 1 aliphatic rings. The van der Waals surface area contributed by atoms with Crippen LogP contribution in [0.5, 0.6) is 0 Å². The van der Waals surface area contributed by atoms with Crippen LogP contribution in [0.15, 0.2) is 60.8 Å². The minimum Gasteiger partial charge on any atom is -0.338 e. The smallest absolute Gasteiger partial charge is 0.256 e. The van der Waals surface area contributed by atoms with E-state index in [0.29, 0.717) is 18.9 Å². The van der Waals surface area contributed by atoms with Crippen LogP contribution in [0.3, 0.4) is 0 Å². The molecule has 4 rings (SSSR count). The number of rotatable bonds is 3. The van der Waals surface area contributed by atoms with Crippen molar-refractivity contribution >= 4 is 5.91 Å². The zero-order chi connectivity index (χ0) is 19.5. The fraction of sp³-hybridized carbons (Fsp3) is 0.261. The minimum atomic E-state index is -0.474. The monoisotopic (exact) mass is 375 g/mol. The van der Waals surface area contributed by atoms with Crippen LogP contribution in [0.2, 0.25) is 0 Å². The van der Waals surface area contributed by atoms with E-state index in [-0.39, 0.29) is 17.4 Å². The van der Waals surface area contributed by atoms with Crippen molar-refractivity contribution in [3.8, 4) is 11.4 Å². The second kappa shape index (κ2) is 7.89. The number of benzene rings is 2. The molecule has 0 N–H and O–H groups in total. The predicted octanol–water partition coefficient (Wildman–Crippen LogP) is 4.61. The Balaban J connectivity index is 1.56. The number of hydrogen-bond donors (Lipinski definition) is 0. The molecule has 0 bridgehead atoms. The molecule has 4 nitrogen and oxygen atoms in total. The zero-order valence-electron chi connectivity index (χ0n) is 15.8.